The molecule has 0 radical (unpaired) electrons. The summed E-state index contributed by atoms with van der Waals surface area (Å²) in [7, 11) is 0. The van der Waals surface area contributed by atoms with Crippen molar-refractivity contribution in [2.75, 3.05) is 18.4 Å². The number of benzene rings is 2. The number of rotatable bonds is 9. The fraction of sp³-hybridized carbons (Fsp3) is 0.375. The normalized spacial score (nSPS) is 10.8. The van der Waals surface area contributed by atoms with Crippen molar-refractivity contribution in [2.45, 2.75) is 46.1 Å². The molecule has 0 aliphatic carbocycles. The second kappa shape index (κ2) is 11.2. The van der Waals surface area contributed by atoms with Gasteiger partial charge in [0.05, 0.1) is 0 Å². The third-order valence-electron chi connectivity index (χ3n) is 4.87. The molecule has 0 aromatic heterocycles. The first kappa shape index (κ1) is 23.9. The van der Waals surface area contributed by atoms with Gasteiger partial charge in [-0.05, 0) is 28.5 Å². The summed E-state index contributed by atoms with van der Waals surface area (Å²) in [5, 5.41) is 14.2. The Labute approximate surface area is 183 Å². The van der Waals surface area contributed by atoms with Crippen molar-refractivity contribution in [3.05, 3.63) is 65.2 Å². The van der Waals surface area contributed by atoms with Gasteiger partial charge >= 0.3 is 12.0 Å². The molecule has 0 unspecified atom stereocenters. The quantitative estimate of drug-likeness (QED) is 0.562. The van der Waals surface area contributed by atoms with E-state index in [0.29, 0.717) is 0 Å². The minimum absolute atomic E-state index is 0.183. The molecule has 2 aromatic carbocycles. The van der Waals surface area contributed by atoms with Crippen LogP contribution in [0.2, 0.25) is 0 Å². The number of carbonyl (C=O) groups excluding carboxylic acids is 2. The number of urea groups is 1. The molecule has 0 heterocycles. The maximum atomic E-state index is 13.0. The van der Waals surface area contributed by atoms with E-state index in [0.717, 1.165) is 22.4 Å². The highest BCUT2D eigenvalue weighted by atomic mass is 16.4. The number of amides is 3. The number of anilines is 1. The summed E-state index contributed by atoms with van der Waals surface area (Å²) in [5.74, 6) is -1.05. The number of hydrogen-bond acceptors (Lipinski definition) is 3. The topological polar surface area (TPSA) is 98.7 Å². The molecule has 3 N–H and O–H groups in total. The van der Waals surface area contributed by atoms with Crippen LogP contribution in [0.5, 0.6) is 0 Å². The average molecular weight is 426 g/mol. The summed E-state index contributed by atoms with van der Waals surface area (Å²) in [6.07, 6.45) is 0. The lowest BCUT2D eigenvalue weighted by molar-refractivity contribution is -0.135. The molecule has 0 aliphatic heterocycles. The van der Waals surface area contributed by atoms with E-state index in [1.165, 1.54) is 4.90 Å². The molecule has 0 saturated heterocycles. The van der Waals surface area contributed by atoms with E-state index >= 15 is 0 Å². The van der Waals surface area contributed by atoms with E-state index < -0.39 is 18.5 Å². The summed E-state index contributed by atoms with van der Waals surface area (Å²) in [6.45, 7) is 7.73. The second-order valence-electron chi connectivity index (χ2n) is 8.06. The van der Waals surface area contributed by atoms with Crippen LogP contribution in [0.15, 0.2) is 48.5 Å². The highest BCUT2D eigenvalue weighted by molar-refractivity contribution is 5.96. The van der Waals surface area contributed by atoms with Crippen molar-refractivity contribution in [3.63, 3.8) is 0 Å². The maximum Gasteiger partial charge on any atom is 0.323 e. The fourth-order valence-electron chi connectivity index (χ4n) is 3.31. The van der Waals surface area contributed by atoms with Crippen LogP contribution in [-0.4, -0.2) is 41.0 Å². The average Bonchev–Trinajstić information content (AvgIpc) is 2.72. The molecule has 166 valence electrons. The van der Waals surface area contributed by atoms with Gasteiger partial charge in [-0.3, -0.25) is 9.59 Å². The van der Waals surface area contributed by atoms with Gasteiger partial charge in [0.15, 0.2) is 0 Å². The van der Waals surface area contributed by atoms with Gasteiger partial charge in [-0.2, -0.15) is 0 Å². The first-order valence-electron chi connectivity index (χ1n) is 10.4. The molecule has 0 bridgehead atoms. The van der Waals surface area contributed by atoms with E-state index in [9.17, 15) is 14.4 Å². The van der Waals surface area contributed by atoms with Crippen LogP contribution in [0, 0.1) is 0 Å². The number of carbonyl (C=O) groups is 3. The minimum Gasteiger partial charge on any atom is -0.480 e. The van der Waals surface area contributed by atoms with Crippen molar-refractivity contribution < 1.29 is 19.5 Å². The van der Waals surface area contributed by atoms with Gasteiger partial charge in [0.2, 0.25) is 5.91 Å². The van der Waals surface area contributed by atoms with Crippen molar-refractivity contribution in [1.82, 2.24) is 10.2 Å². The highest BCUT2D eigenvalue weighted by Crippen LogP contribution is 2.32. The van der Waals surface area contributed by atoms with Crippen molar-refractivity contribution >= 4 is 23.6 Å². The van der Waals surface area contributed by atoms with E-state index in [-0.39, 0.29) is 30.8 Å². The summed E-state index contributed by atoms with van der Waals surface area (Å²) in [6, 6.07) is 14.6. The minimum atomic E-state index is -1.15. The SMILES string of the molecule is CC(C)c1cccc(C(C)C)c1NC(=O)CN(Cc1ccccc1)C(=O)NCC(=O)O. The van der Waals surface area contributed by atoms with Gasteiger partial charge in [-0.25, -0.2) is 4.79 Å². The molecule has 0 atom stereocenters. The van der Waals surface area contributed by atoms with Crippen molar-refractivity contribution in [3.8, 4) is 0 Å². The van der Waals surface area contributed by atoms with Crippen molar-refractivity contribution in [1.29, 1.82) is 0 Å². The van der Waals surface area contributed by atoms with Crippen LogP contribution >= 0.6 is 0 Å². The van der Waals surface area contributed by atoms with Crippen LogP contribution in [0.1, 0.15) is 56.2 Å². The molecular formula is C24H31N3O4. The fourth-order valence-corrected chi connectivity index (χ4v) is 3.31. The zero-order chi connectivity index (χ0) is 23.0. The lowest BCUT2D eigenvalue weighted by Gasteiger charge is -2.24. The predicted molar refractivity (Wildman–Crippen MR) is 121 cm³/mol. The van der Waals surface area contributed by atoms with Crippen LogP contribution in [0.3, 0.4) is 0 Å². The van der Waals surface area contributed by atoms with Gasteiger partial charge < -0.3 is 20.6 Å². The Bertz CT molecular complexity index is 884. The molecule has 0 spiro atoms. The van der Waals surface area contributed by atoms with Gasteiger partial charge in [-0.15, -0.1) is 0 Å². The van der Waals surface area contributed by atoms with Gasteiger partial charge in [-0.1, -0.05) is 76.2 Å². The molecule has 2 aromatic rings. The van der Waals surface area contributed by atoms with E-state index in [2.05, 4.69) is 38.3 Å². The molecule has 7 heteroatoms. The Morgan fingerprint density at radius 1 is 0.903 bits per heavy atom. The van der Waals surface area contributed by atoms with Crippen molar-refractivity contribution in [2.24, 2.45) is 0 Å². The number of nitrogens with zero attached hydrogens (tertiary/aromatic N) is 1. The van der Waals surface area contributed by atoms with Gasteiger partial charge in [0.25, 0.3) is 0 Å². The maximum absolute atomic E-state index is 13.0. The lowest BCUT2D eigenvalue weighted by Crippen LogP contribution is -2.45. The van der Waals surface area contributed by atoms with Gasteiger partial charge in [0.1, 0.15) is 13.1 Å². The number of para-hydroxylation sites is 1. The number of nitrogens with one attached hydrogen (secondary N) is 2. The molecular weight excluding hydrogens is 394 g/mol. The molecule has 2 rings (SSSR count). The zero-order valence-electron chi connectivity index (χ0n) is 18.5. The Morgan fingerprint density at radius 3 is 2.00 bits per heavy atom. The molecule has 3 amide bonds. The highest BCUT2D eigenvalue weighted by Gasteiger charge is 2.21. The summed E-state index contributed by atoms with van der Waals surface area (Å²) in [5.41, 5.74) is 3.68. The van der Waals surface area contributed by atoms with E-state index in [1.807, 2.05) is 48.5 Å². The first-order valence-corrected chi connectivity index (χ1v) is 10.4. The standard InChI is InChI=1S/C24H31N3O4/c1-16(2)19-11-8-12-20(17(3)4)23(19)26-21(28)15-27(24(31)25-13-22(29)30)14-18-9-6-5-7-10-18/h5-12,16-17H,13-15H2,1-4H3,(H,25,31)(H,26,28)(H,29,30). The van der Waals surface area contributed by atoms with Crippen LogP contribution in [0.4, 0.5) is 10.5 Å². The molecule has 0 saturated carbocycles. The predicted octanol–water partition coefficient (Wildman–Crippen LogP) is 4.17. The van der Waals surface area contributed by atoms with Crippen LogP contribution < -0.4 is 10.6 Å². The Morgan fingerprint density at radius 2 is 1.48 bits per heavy atom. The van der Waals surface area contributed by atoms with Crippen LogP contribution in [0.25, 0.3) is 0 Å². The summed E-state index contributed by atoms with van der Waals surface area (Å²) in [4.78, 5) is 37.7. The summed E-state index contributed by atoms with van der Waals surface area (Å²) >= 11 is 0. The smallest absolute Gasteiger partial charge is 0.323 e. The number of aliphatic carboxylic acids is 1. The zero-order valence-corrected chi connectivity index (χ0v) is 18.5. The Balaban J connectivity index is 2.23. The van der Waals surface area contributed by atoms with Crippen LogP contribution in [-0.2, 0) is 16.1 Å². The Kier molecular flexibility index (Phi) is 8.61. The monoisotopic (exact) mass is 425 g/mol. The number of carboxylic acid groups (broad SMARTS) is 1. The van der Waals surface area contributed by atoms with E-state index in [1.54, 1.807) is 0 Å². The van der Waals surface area contributed by atoms with E-state index in [4.69, 9.17) is 5.11 Å². The number of carboxylic acids is 1. The molecule has 7 nitrogen and oxygen atoms in total. The number of hydrogen-bond donors (Lipinski definition) is 3. The first-order chi connectivity index (χ1) is 14.7. The van der Waals surface area contributed by atoms with Gasteiger partial charge in [0, 0.05) is 12.2 Å². The third kappa shape index (κ3) is 7.13. The molecule has 0 fully saturated rings. The Hall–Kier alpha value is -3.35. The summed E-state index contributed by atoms with van der Waals surface area (Å²) < 4.78 is 0. The third-order valence-corrected chi connectivity index (χ3v) is 4.87. The lowest BCUT2D eigenvalue weighted by atomic mass is 9.92. The molecule has 31 heavy (non-hydrogen) atoms. The largest absolute Gasteiger partial charge is 0.480 e. The second-order valence-corrected chi connectivity index (χ2v) is 8.06. The molecule has 0 aliphatic rings.